The third-order valence-electron chi connectivity index (χ3n) is 1.84. The van der Waals surface area contributed by atoms with Crippen molar-refractivity contribution in [2.45, 2.75) is 6.10 Å². The van der Waals surface area contributed by atoms with Gasteiger partial charge in [-0.3, -0.25) is 0 Å². The van der Waals surface area contributed by atoms with E-state index < -0.39 is 0 Å². The Morgan fingerprint density at radius 1 is 1.58 bits per heavy atom. The number of morpholine rings is 1. The van der Waals surface area contributed by atoms with Crippen molar-refractivity contribution in [1.82, 2.24) is 5.32 Å². The number of rotatable bonds is 1. The lowest BCUT2D eigenvalue weighted by molar-refractivity contribution is 0.0299. The van der Waals surface area contributed by atoms with Crippen LogP contribution in [0.1, 0.15) is 11.0 Å². The first-order valence-electron chi connectivity index (χ1n) is 3.94. The highest BCUT2D eigenvalue weighted by molar-refractivity contribution is 7.16. The lowest BCUT2D eigenvalue weighted by atomic mass is 10.2. The number of thiophene rings is 1. The summed E-state index contributed by atoms with van der Waals surface area (Å²) < 4.78 is 6.40. The summed E-state index contributed by atoms with van der Waals surface area (Å²) in [4.78, 5) is 1.22. The van der Waals surface area contributed by atoms with Crippen molar-refractivity contribution in [3.8, 4) is 0 Å². The summed E-state index contributed by atoms with van der Waals surface area (Å²) in [5.74, 6) is 0. The van der Waals surface area contributed by atoms with Gasteiger partial charge in [-0.2, -0.15) is 0 Å². The smallest absolute Gasteiger partial charge is 0.104 e. The van der Waals surface area contributed by atoms with Crippen molar-refractivity contribution in [3.63, 3.8) is 0 Å². The molecule has 1 saturated heterocycles. The van der Waals surface area contributed by atoms with Crippen LogP contribution in [-0.4, -0.2) is 19.7 Å². The van der Waals surface area contributed by atoms with Crippen LogP contribution in [0, 0.1) is 0 Å². The number of halogens is 1. The molecule has 1 atom stereocenters. The van der Waals surface area contributed by atoms with Crippen LogP contribution in [0.2, 0.25) is 4.34 Å². The normalized spacial score (nSPS) is 24.2. The Hall–Kier alpha value is -0.0900. The van der Waals surface area contributed by atoms with Gasteiger partial charge < -0.3 is 10.1 Å². The monoisotopic (exact) mass is 203 g/mol. The summed E-state index contributed by atoms with van der Waals surface area (Å²) in [6.07, 6.45) is 0.205. The SMILES string of the molecule is Clc1ccc(C2CNCCO2)s1. The van der Waals surface area contributed by atoms with Crippen molar-refractivity contribution in [2.24, 2.45) is 0 Å². The van der Waals surface area contributed by atoms with Crippen LogP contribution >= 0.6 is 22.9 Å². The summed E-state index contributed by atoms with van der Waals surface area (Å²) >= 11 is 7.42. The Morgan fingerprint density at radius 2 is 2.50 bits per heavy atom. The summed E-state index contributed by atoms with van der Waals surface area (Å²) in [6.45, 7) is 2.65. The highest BCUT2D eigenvalue weighted by atomic mass is 35.5. The van der Waals surface area contributed by atoms with E-state index in [9.17, 15) is 0 Å². The van der Waals surface area contributed by atoms with Gasteiger partial charge in [0, 0.05) is 18.0 Å². The Kier molecular flexibility index (Phi) is 2.66. The lowest BCUT2D eigenvalue weighted by Gasteiger charge is -2.22. The lowest BCUT2D eigenvalue weighted by Crippen LogP contribution is -2.32. The second-order valence-electron chi connectivity index (χ2n) is 2.71. The van der Waals surface area contributed by atoms with E-state index in [0.717, 1.165) is 24.0 Å². The molecule has 1 N–H and O–H groups in total. The van der Waals surface area contributed by atoms with Gasteiger partial charge in [0.25, 0.3) is 0 Å². The van der Waals surface area contributed by atoms with Gasteiger partial charge in [-0.15, -0.1) is 11.3 Å². The third-order valence-corrected chi connectivity index (χ3v) is 3.16. The minimum Gasteiger partial charge on any atom is -0.370 e. The van der Waals surface area contributed by atoms with E-state index in [4.69, 9.17) is 16.3 Å². The van der Waals surface area contributed by atoms with E-state index in [1.165, 1.54) is 4.88 Å². The molecule has 1 aromatic rings. The Bertz CT molecular complexity index is 257. The van der Waals surface area contributed by atoms with Crippen LogP contribution in [0.15, 0.2) is 12.1 Å². The summed E-state index contributed by atoms with van der Waals surface area (Å²) in [7, 11) is 0. The van der Waals surface area contributed by atoms with Crippen LogP contribution in [0.25, 0.3) is 0 Å². The minimum absolute atomic E-state index is 0.205. The van der Waals surface area contributed by atoms with Gasteiger partial charge >= 0.3 is 0 Å². The molecule has 2 heterocycles. The number of nitrogens with one attached hydrogen (secondary N) is 1. The quantitative estimate of drug-likeness (QED) is 0.755. The standard InChI is InChI=1S/C8H10ClNOS/c9-8-2-1-7(12-8)6-5-10-3-4-11-6/h1-2,6,10H,3-5H2. The molecule has 1 aromatic heterocycles. The third kappa shape index (κ3) is 1.80. The van der Waals surface area contributed by atoms with E-state index in [0.29, 0.717) is 0 Å². The molecule has 2 nitrogen and oxygen atoms in total. The van der Waals surface area contributed by atoms with Crippen LogP contribution in [0.5, 0.6) is 0 Å². The fourth-order valence-electron chi connectivity index (χ4n) is 1.25. The molecular formula is C8H10ClNOS. The molecule has 0 bridgehead atoms. The zero-order valence-corrected chi connectivity index (χ0v) is 8.12. The molecule has 2 rings (SSSR count). The van der Waals surface area contributed by atoms with Gasteiger partial charge in [-0.05, 0) is 12.1 Å². The summed E-state index contributed by atoms with van der Waals surface area (Å²) in [6, 6.07) is 3.95. The maximum atomic E-state index is 5.82. The van der Waals surface area contributed by atoms with Crippen molar-refractivity contribution in [2.75, 3.05) is 19.7 Å². The zero-order chi connectivity index (χ0) is 8.39. The summed E-state index contributed by atoms with van der Waals surface area (Å²) in [5.41, 5.74) is 0. The fourth-order valence-corrected chi connectivity index (χ4v) is 2.36. The van der Waals surface area contributed by atoms with Gasteiger partial charge in [-0.1, -0.05) is 11.6 Å². The maximum absolute atomic E-state index is 5.82. The van der Waals surface area contributed by atoms with E-state index >= 15 is 0 Å². The van der Waals surface area contributed by atoms with E-state index in [-0.39, 0.29) is 6.10 Å². The van der Waals surface area contributed by atoms with Gasteiger partial charge in [0.15, 0.2) is 0 Å². The first-order chi connectivity index (χ1) is 5.86. The molecule has 12 heavy (non-hydrogen) atoms. The van der Waals surface area contributed by atoms with Gasteiger partial charge in [-0.25, -0.2) is 0 Å². The first-order valence-corrected chi connectivity index (χ1v) is 5.13. The van der Waals surface area contributed by atoms with E-state index in [2.05, 4.69) is 5.32 Å². The molecule has 4 heteroatoms. The molecule has 66 valence electrons. The Morgan fingerprint density at radius 3 is 3.08 bits per heavy atom. The van der Waals surface area contributed by atoms with Crippen LogP contribution in [0.3, 0.4) is 0 Å². The molecule has 0 spiro atoms. The van der Waals surface area contributed by atoms with Gasteiger partial charge in [0.05, 0.1) is 10.9 Å². The van der Waals surface area contributed by atoms with E-state index in [1.54, 1.807) is 11.3 Å². The molecule has 0 amide bonds. The molecule has 1 unspecified atom stereocenters. The number of hydrogen-bond acceptors (Lipinski definition) is 3. The van der Waals surface area contributed by atoms with Crippen molar-refractivity contribution in [1.29, 1.82) is 0 Å². The van der Waals surface area contributed by atoms with Crippen LogP contribution < -0.4 is 5.32 Å². The van der Waals surface area contributed by atoms with E-state index in [1.807, 2.05) is 12.1 Å². The first kappa shape index (κ1) is 8.51. The second-order valence-corrected chi connectivity index (χ2v) is 4.45. The molecule has 0 radical (unpaired) electrons. The molecule has 1 fully saturated rings. The molecule has 0 saturated carbocycles. The average molecular weight is 204 g/mol. The van der Waals surface area contributed by atoms with Crippen LogP contribution in [-0.2, 0) is 4.74 Å². The minimum atomic E-state index is 0.205. The van der Waals surface area contributed by atoms with Gasteiger partial charge in [0.1, 0.15) is 6.10 Å². The average Bonchev–Trinajstić information content (AvgIpc) is 2.54. The van der Waals surface area contributed by atoms with Crippen LogP contribution in [0.4, 0.5) is 0 Å². The maximum Gasteiger partial charge on any atom is 0.104 e. The fraction of sp³-hybridized carbons (Fsp3) is 0.500. The molecule has 0 aromatic carbocycles. The summed E-state index contributed by atoms with van der Waals surface area (Å²) in [5, 5.41) is 3.28. The van der Waals surface area contributed by atoms with Crippen molar-refractivity contribution >= 4 is 22.9 Å². The highest BCUT2D eigenvalue weighted by Gasteiger charge is 2.16. The molecule has 0 aliphatic carbocycles. The molecular weight excluding hydrogens is 194 g/mol. The highest BCUT2D eigenvalue weighted by Crippen LogP contribution is 2.29. The molecule has 1 aliphatic heterocycles. The number of ether oxygens (including phenoxy) is 1. The number of hydrogen-bond donors (Lipinski definition) is 1. The van der Waals surface area contributed by atoms with Crippen molar-refractivity contribution < 1.29 is 4.74 Å². The van der Waals surface area contributed by atoms with Crippen molar-refractivity contribution in [3.05, 3.63) is 21.3 Å². The Balaban J connectivity index is 2.08. The Labute approximate surface area is 80.5 Å². The zero-order valence-electron chi connectivity index (χ0n) is 6.55. The molecule has 1 aliphatic rings. The predicted octanol–water partition coefficient (Wildman–Crippen LogP) is 2.06. The van der Waals surface area contributed by atoms with Gasteiger partial charge in [0.2, 0.25) is 0 Å². The second kappa shape index (κ2) is 3.75. The largest absolute Gasteiger partial charge is 0.370 e. The predicted molar refractivity (Wildman–Crippen MR) is 50.9 cm³/mol. The topological polar surface area (TPSA) is 21.3 Å².